The first-order valence-electron chi connectivity index (χ1n) is 9.78. The summed E-state index contributed by atoms with van der Waals surface area (Å²) in [6.45, 7) is 7.11. The molecule has 5 nitrogen and oxygen atoms in total. The third-order valence-corrected chi connectivity index (χ3v) is 4.88. The molecule has 0 atom stereocenters. The van der Waals surface area contributed by atoms with Crippen LogP contribution in [0.3, 0.4) is 0 Å². The molecule has 0 unspecified atom stereocenters. The zero-order valence-electron chi connectivity index (χ0n) is 16.2. The van der Waals surface area contributed by atoms with Gasteiger partial charge in [-0.15, -0.1) is 10.2 Å². The predicted octanol–water partition coefficient (Wildman–Crippen LogP) is 3.76. The third kappa shape index (κ3) is 5.16. The minimum absolute atomic E-state index is 0.0691. The van der Waals surface area contributed by atoms with E-state index in [0.29, 0.717) is 31.3 Å². The number of hydrogen-bond donors (Lipinski definition) is 1. The molecular formula is C21H30N4O. The maximum Gasteiger partial charge on any atom is 0.220 e. The van der Waals surface area contributed by atoms with Crippen molar-refractivity contribution in [2.24, 2.45) is 5.92 Å². The smallest absolute Gasteiger partial charge is 0.220 e. The van der Waals surface area contributed by atoms with Crippen molar-refractivity contribution in [1.29, 1.82) is 0 Å². The zero-order valence-corrected chi connectivity index (χ0v) is 16.2. The first-order valence-corrected chi connectivity index (χ1v) is 9.78. The Morgan fingerprint density at radius 1 is 1.15 bits per heavy atom. The SMILES string of the molecule is Cc1ccc(CNC(=O)CCc2nnc(CCC(C)C)n2C2CC2)cc1. The van der Waals surface area contributed by atoms with Crippen molar-refractivity contribution in [1.82, 2.24) is 20.1 Å². The number of nitrogens with one attached hydrogen (secondary N) is 1. The second-order valence-corrected chi connectivity index (χ2v) is 7.83. The predicted molar refractivity (Wildman–Crippen MR) is 103 cm³/mol. The number of aromatic nitrogens is 3. The van der Waals surface area contributed by atoms with Gasteiger partial charge in [-0.2, -0.15) is 0 Å². The molecule has 1 aliphatic carbocycles. The molecule has 1 fully saturated rings. The van der Waals surface area contributed by atoms with E-state index < -0.39 is 0 Å². The fraction of sp³-hybridized carbons (Fsp3) is 0.571. The van der Waals surface area contributed by atoms with Crippen molar-refractivity contribution < 1.29 is 4.79 Å². The number of aryl methyl sites for hydroxylation is 3. The number of carbonyl (C=O) groups is 1. The lowest BCUT2D eigenvalue weighted by atomic mass is 10.1. The first kappa shape index (κ1) is 18.6. The lowest BCUT2D eigenvalue weighted by molar-refractivity contribution is -0.121. The van der Waals surface area contributed by atoms with Crippen LogP contribution in [0.2, 0.25) is 0 Å². The number of nitrogens with zero attached hydrogens (tertiary/aromatic N) is 3. The van der Waals surface area contributed by atoms with Crippen LogP contribution in [0.1, 0.15) is 68.3 Å². The molecule has 3 rings (SSSR count). The summed E-state index contributed by atoms with van der Waals surface area (Å²) >= 11 is 0. The first-order chi connectivity index (χ1) is 12.5. The van der Waals surface area contributed by atoms with Crippen LogP contribution < -0.4 is 5.32 Å². The number of benzene rings is 1. The van der Waals surface area contributed by atoms with Crippen molar-refractivity contribution in [2.75, 3.05) is 0 Å². The van der Waals surface area contributed by atoms with Crippen molar-refractivity contribution in [2.45, 2.75) is 71.9 Å². The fourth-order valence-corrected chi connectivity index (χ4v) is 3.09. The highest BCUT2D eigenvalue weighted by Crippen LogP contribution is 2.37. The standard InChI is InChI=1S/C21H30N4O/c1-15(2)4-11-19-23-24-20(25(19)18-9-10-18)12-13-21(26)22-14-17-7-5-16(3)6-8-17/h5-8,15,18H,4,9-14H2,1-3H3,(H,22,26). The number of amides is 1. The van der Waals surface area contributed by atoms with Gasteiger partial charge in [0.1, 0.15) is 11.6 Å². The lowest BCUT2D eigenvalue weighted by Gasteiger charge is -2.10. The minimum atomic E-state index is 0.0691. The Kier molecular flexibility index (Phi) is 6.07. The molecule has 1 aliphatic rings. The zero-order chi connectivity index (χ0) is 18.5. The summed E-state index contributed by atoms with van der Waals surface area (Å²) in [5.41, 5.74) is 2.36. The Hall–Kier alpha value is -2.17. The Labute approximate surface area is 156 Å². The van der Waals surface area contributed by atoms with Gasteiger partial charge in [-0.1, -0.05) is 43.7 Å². The molecule has 5 heteroatoms. The second-order valence-electron chi connectivity index (χ2n) is 7.83. The van der Waals surface area contributed by atoms with Crippen LogP contribution in [-0.2, 0) is 24.2 Å². The average Bonchev–Trinajstić information content (AvgIpc) is 3.37. The summed E-state index contributed by atoms with van der Waals surface area (Å²) in [5, 5.41) is 11.8. The summed E-state index contributed by atoms with van der Waals surface area (Å²) in [6, 6.07) is 8.80. The van der Waals surface area contributed by atoms with Gasteiger partial charge in [-0.25, -0.2) is 0 Å². The summed E-state index contributed by atoms with van der Waals surface area (Å²) in [7, 11) is 0. The highest BCUT2D eigenvalue weighted by molar-refractivity contribution is 5.76. The molecule has 1 aromatic heterocycles. The Morgan fingerprint density at radius 3 is 2.42 bits per heavy atom. The van der Waals surface area contributed by atoms with E-state index in [9.17, 15) is 4.79 Å². The quantitative estimate of drug-likeness (QED) is 0.746. The molecule has 1 amide bonds. The topological polar surface area (TPSA) is 59.8 Å². The minimum Gasteiger partial charge on any atom is -0.352 e. The van der Waals surface area contributed by atoms with Crippen LogP contribution >= 0.6 is 0 Å². The Bertz CT molecular complexity index is 729. The number of carbonyl (C=O) groups excluding carboxylic acids is 1. The summed E-state index contributed by atoms with van der Waals surface area (Å²) in [4.78, 5) is 12.2. The molecule has 0 saturated heterocycles. The fourth-order valence-electron chi connectivity index (χ4n) is 3.09. The van der Waals surface area contributed by atoms with Crippen molar-refractivity contribution >= 4 is 5.91 Å². The Balaban J connectivity index is 1.52. The molecule has 0 aliphatic heterocycles. The highest BCUT2D eigenvalue weighted by Gasteiger charge is 2.29. The molecule has 1 saturated carbocycles. The van der Waals surface area contributed by atoms with Gasteiger partial charge in [0.15, 0.2) is 0 Å². The lowest BCUT2D eigenvalue weighted by Crippen LogP contribution is -2.23. The van der Waals surface area contributed by atoms with Gasteiger partial charge in [0.2, 0.25) is 5.91 Å². The molecule has 0 bridgehead atoms. The molecule has 1 N–H and O–H groups in total. The second kappa shape index (κ2) is 8.47. The maximum absolute atomic E-state index is 12.2. The number of rotatable bonds is 9. The van der Waals surface area contributed by atoms with Crippen LogP contribution in [-0.4, -0.2) is 20.7 Å². The monoisotopic (exact) mass is 354 g/mol. The summed E-state index contributed by atoms with van der Waals surface area (Å²) < 4.78 is 2.30. The van der Waals surface area contributed by atoms with Gasteiger partial charge in [-0.05, 0) is 37.7 Å². The van der Waals surface area contributed by atoms with Crippen LogP contribution in [0.4, 0.5) is 0 Å². The number of hydrogen-bond acceptors (Lipinski definition) is 3. The molecule has 140 valence electrons. The molecule has 1 aromatic carbocycles. The van der Waals surface area contributed by atoms with Gasteiger partial charge in [0, 0.05) is 31.8 Å². The van der Waals surface area contributed by atoms with Crippen LogP contribution in [0.25, 0.3) is 0 Å². The van der Waals surface area contributed by atoms with Crippen molar-refractivity contribution in [3.63, 3.8) is 0 Å². The average molecular weight is 354 g/mol. The van der Waals surface area contributed by atoms with E-state index in [2.05, 4.69) is 65.1 Å². The van der Waals surface area contributed by atoms with Gasteiger partial charge >= 0.3 is 0 Å². The molecular weight excluding hydrogens is 324 g/mol. The van der Waals surface area contributed by atoms with Gasteiger partial charge in [0.05, 0.1) is 0 Å². The largest absolute Gasteiger partial charge is 0.352 e. The van der Waals surface area contributed by atoms with Gasteiger partial charge in [-0.3, -0.25) is 4.79 Å². The van der Waals surface area contributed by atoms with Gasteiger partial charge in [0.25, 0.3) is 0 Å². The van der Waals surface area contributed by atoms with Gasteiger partial charge < -0.3 is 9.88 Å². The summed E-state index contributed by atoms with van der Waals surface area (Å²) in [5.74, 6) is 2.79. The van der Waals surface area contributed by atoms with Crippen LogP contribution in [0, 0.1) is 12.8 Å². The van der Waals surface area contributed by atoms with E-state index in [-0.39, 0.29) is 5.91 Å². The van der Waals surface area contributed by atoms with E-state index in [1.807, 2.05) is 0 Å². The summed E-state index contributed by atoms with van der Waals surface area (Å²) in [6.07, 6.45) is 5.63. The van der Waals surface area contributed by atoms with E-state index in [1.54, 1.807) is 0 Å². The molecule has 2 aromatic rings. The maximum atomic E-state index is 12.2. The van der Waals surface area contributed by atoms with E-state index >= 15 is 0 Å². The van der Waals surface area contributed by atoms with E-state index in [1.165, 1.54) is 18.4 Å². The molecule has 26 heavy (non-hydrogen) atoms. The normalized spacial score (nSPS) is 14.0. The Morgan fingerprint density at radius 2 is 1.81 bits per heavy atom. The highest BCUT2D eigenvalue weighted by atomic mass is 16.1. The van der Waals surface area contributed by atoms with Crippen LogP contribution in [0.15, 0.2) is 24.3 Å². The third-order valence-electron chi connectivity index (χ3n) is 4.88. The van der Waals surface area contributed by atoms with Crippen LogP contribution in [0.5, 0.6) is 0 Å². The molecule has 0 radical (unpaired) electrons. The van der Waals surface area contributed by atoms with Crippen molar-refractivity contribution in [3.05, 3.63) is 47.0 Å². The van der Waals surface area contributed by atoms with E-state index in [0.717, 1.165) is 30.1 Å². The van der Waals surface area contributed by atoms with E-state index in [4.69, 9.17) is 0 Å². The molecule has 0 spiro atoms. The van der Waals surface area contributed by atoms with Crippen molar-refractivity contribution in [3.8, 4) is 0 Å². The molecule has 1 heterocycles.